The van der Waals surface area contributed by atoms with Crippen molar-refractivity contribution in [3.8, 4) is 44.5 Å². The Morgan fingerprint density at radius 2 is 0.895 bits per heavy atom. The summed E-state index contributed by atoms with van der Waals surface area (Å²) in [6.45, 7) is 0. The van der Waals surface area contributed by atoms with Gasteiger partial charge in [-0.2, -0.15) is 0 Å². The van der Waals surface area contributed by atoms with Crippen molar-refractivity contribution in [2.24, 2.45) is 0 Å². The molecule has 0 aliphatic heterocycles. The average Bonchev–Trinajstić information content (AvgIpc) is 3.86. The Morgan fingerprint density at radius 3 is 1.65 bits per heavy atom. The zero-order valence-electron chi connectivity index (χ0n) is 31.0. The molecule has 0 aliphatic rings. The van der Waals surface area contributed by atoms with Gasteiger partial charge >= 0.3 is 0 Å². The minimum absolute atomic E-state index is 0.893. The highest BCUT2D eigenvalue weighted by Crippen LogP contribution is 2.44. The summed E-state index contributed by atoms with van der Waals surface area (Å²) in [5.41, 5.74) is 14.5. The van der Waals surface area contributed by atoms with Crippen LogP contribution in [0.1, 0.15) is 0 Å². The Bertz CT molecular complexity index is 3210. The number of fused-ring (bicyclic) bond motifs is 6. The van der Waals surface area contributed by atoms with Gasteiger partial charge in [0.1, 0.15) is 11.2 Å². The summed E-state index contributed by atoms with van der Waals surface area (Å²) in [7, 11) is 0. The number of hydrogen-bond acceptors (Lipinski definition) is 3. The molecule has 0 spiro atoms. The molecular weight excluding hydrogens is 711 g/mol. The molecule has 0 fully saturated rings. The zero-order valence-corrected chi connectivity index (χ0v) is 31.8. The monoisotopic (exact) mass is 745 g/mol. The minimum Gasteiger partial charge on any atom is -0.455 e. The normalized spacial score (nSPS) is 11.5. The van der Waals surface area contributed by atoms with Crippen LogP contribution in [-0.4, -0.2) is 0 Å². The van der Waals surface area contributed by atoms with Crippen LogP contribution in [0, 0.1) is 0 Å². The number of anilines is 3. The Morgan fingerprint density at radius 1 is 0.351 bits per heavy atom. The van der Waals surface area contributed by atoms with Crippen molar-refractivity contribution in [3.63, 3.8) is 0 Å². The number of para-hydroxylation sites is 2. The van der Waals surface area contributed by atoms with Crippen LogP contribution in [0.2, 0.25) is 0 Å². The summed E-state index contributed by atoms with van der Waals surface area (Å²) in [5, 5.41) is 4.88. The molecule has 268 valence electrons. The molecule has 0 aliphatic carbocycles. The van der Waals surface area contributed by atoms with E-state index in [0.29, 0.717) is 0 Å². The molecule has 57 heavy (non-hydrogen) atoms. The predicted molar refractivity (Wildman–Crippen MR) is 243 cm³/mol. The molecule has 0 bridgehead atoms. The maximum Gasteiger partial charge on any atom is 0.143 e. The first-order valence-corrected chi connectivity index (χ1v) is 20.1. The number of furan rings is 1. The van der Waals surface area contributed by atoms with Crippen LogP contribution in [0.4, 0.5) is 17.1 Å². The van der Waals surface area contributed by atoms with Crippen LogP contribution in [0.3, 0.4) is 0 Å². The lowest BCUT2D eigenvalue weighted by Gasteiger charge is -2.28. The van der Waals surface area contributed by atoms with E-state index in [2.05, 4.69) is 211 Å². The quantitative estimate of drug-likeness (QED) is 0.162. The average molecular weight is 746 g/mol. The zero-order chi connectivity index (χ0) is 37.7. The Kier molecular flexibility index (Phi) is 8.04. The molecule has 0 saturated heterocycles. The van der Waals surface area contributed by atoms with E-state index < -0.39 is 0 Å². The van der Waals surface area contributed by atoms with Crippen molar-refractivity contribution in [3.05, 3.63) is 212 Å². The van der Waals surface area contributed by atoms with Crippen LogP contribution < -0.4 is 4.90 Å². The third-order valence-electron chi connectivity index (χ3n) is 11.1. The van der Waals surface area contributed by atoms with Crippen LogP contribution in [-0.2, 0) is 0 Å². The molecule has 11 rings (SSSR count). The highest BCUT2D eigenvalue weighted by Gasteiger charge is 2.19. The first-order valence-electron chi connectivity index (χ1n) is 19.3. The van der Waals surface area contributed by atoms with E-state index in [1.165, 1.54) is 42.4 Å². The van der Waals surface area contributed by atoms with Gasteiger partial charge in [-0.1, -0.05) is 164 Å². The number of hydrogen-bond donors (Lipinski definition) is 0. The first-order chi connectivity index (χ1) is 28.3. The van der Waals surface area contributed by atoms with Crippen molar-refractivity contribution in [1.82, 2.24) is 0 Å². The predicted octanol–water partition coefficient (Wildman–Crippen LogP) is 16.1. The standard InChI is InChI=1S/C54H35NOS/c1-3-13-37(14-4-1)43-17-7-9-23-50(43)55(42-32-27-39(28-33-42)45-20-12-22-48-46-18-8-10-24-52(46)57-54(45)48)41-30-25-36(26-31-41)40-29-34-51-49(35-40)47-21-11-19-44(53(47)56-51)38-15-5-2-6-16-38/h1-35H. The second kappa shape index (κ2) is 13.8. The van der Waals surface area contributed by atoms with E-state index >= 15 is 0 Å². The van der Waals surface area contributed by atoms with Gasteiger partial charge in [-0.25, -0.2) is 0 Å². The Hall–Kier alpha value is -7.20. The van der Waals surface area contributed by atoms with Crippen molar-refractivity contribution in [2.75, 3.05) is 4.90 Å². The van der Waals surface area contributed by atoms with E-state index in [4.69, 9.17) is 4.42 Å². The molecule has 0 unspecified atom stereocenters. The van der Waals surface area contributed by atoms with Gasteiger partial charge in [0.15, 0.2) is 0 Å². The molecule has 0 saturated carbocycles. The molecule has 2 nitrogen and oxygen atoms in total. The van der Waals surface area contributed by atoms with E-state index in [9.17, 15) is 0 Å². The van der Waals surface area contributed by atoms with Gasteiger partial charge in [-0.15, -0.1) is 11.3 Å². The second-order valence-corrected chi connectivity index (χ2v) is 15.5. The van der Waals surface area contributed by atoms with Crippen LogP contribution in [0.25, 0.3) is 86.6 Å². The summed E-state index contributed by atoms with van der Waals surface area (Å²) in [6, 6.07) is 76.2. The third-order valence-corrected chi connectivity index (χ3v) is 12.3. The molecule has 0 radical (unpaired) electrons. The van der Waals surface area contributed by atoms with Crippen LogP contribution in [0.5, 0.6) is 0 Å². The highest BCUT2D eigenvalue weighted by atomic mass is 32.1. The summed E-state index contributed by atoms with van der Waals surface area (Å²) in [6.07, 6.45) is 0. The van der Waals surface area contributed by atoms with Gasteiger partial charge in [-0.3, -0.25) is 0 Å². The Labute approximate surface area is 335 Å². The second-order valence-electron chi connectivity index (χ2n) is 14.5. The lowest BCUT2D eigenvalue weighted by atomic mass is 9.99. The Balaban J connectivity index is 0.999. The first kappa shape index (κ1) is 33.2. The minimum atomic E-state index is 0.893. The highest BCUT2D eigenvalue weighted by molar-refractivity contribution is 7.26. The maximum absolute atomic E-state index is 6.49. The molecule has 3 heteroatoms. The summed E-state index contributed by atoms with van der Waals surface area (Å²) in [4.78, 5) is 2.38. The van der Waals surface area contributed by atoms with Crippen LogP contribution >= 0.6 is 11.3 Å². The maximum atomic E-state index is 6.49. The van der Waals surface area contributed by atoms with Gasteiger partial charge in [-0.05, 0) is 81.9 Å². The molecule has 0 N–H and O–H groups in total. The topological polar surface area (TPSA) is 16.4 Å². The molecule has 2 heterocycles. The van der Waals surface area contributed by atoms with E-state index in [1.807, 2.05) is 17.4 Å². The smallest absolute Gasteiger partial charge is 0.143 e. The fourth-order valence-corrected chi connectivity index (χ4v) is 9.59. The van der Waals surface area contributed by atoms with Crippen molar-refractivity contribution in [1.29, 1.82) is 0 Å². The van der Waals surface area contributed by atoms with Crippen LogP contribution in [0.15, 0.2) is 217 Å². The molecule has 2 aromatic heterocycles. The van der Waals surface area contributed by atoms with E-state index in [-0.39, 0.29) is 0 Å². The fraction of sp³-hybridized carbons (Fsp3) is 0. The molecule has 9 aromatic carbocycles. The van der Waals surface area contributed by atoms with E-state index in [1.54, 1.807) is 0 Å². The van der Waals surface area contributed by atoms with Crippen molar-refractivity contribution >= 4 is 70.5 Å². The molecule has 0 atom stereocenters. The number of thiophene rings is 1. The lowest BCUT2D eigenvalue weighted by molar-refractivity contribution is 0.670. The molecule has 11 aromatic rings. The summed E-state index contributed by atoms with van der Waals surface area (Å²) < 4.78 is 9.13. The fourth-order valence-electron chi connectivity index (χ4n) is 8.35. The van der Waals surface area contributed by atoms with Crippen molar-refractivity contribution < 1.29 is 4.42 Å². The SMILES string of the molecule is c1ccc(-c2ccccc2N(c2ccc(-c3ccc4oc5c(-c6ccccc6)cccc5c4c3)cc2)c2ccc(-c3cccc4c3sc3ccccc34)cc2)cc1. The van der Waals surface area contributed by atoms with Gasteiger partial charge in [0.2, 0.25) is 0 Å². The lowest BCUT2D eigenvalue weighted by Crippen LogP contribution is -2.11. The van der Waals surface area contributed by atoms with Crippen molar-refractivity contribution in [2.45, 2.75) is 0 Å². The van der Waals surface area contributed by atoms with Gasteiger partial charge in [0.05, 0.1) is 5.69 Å². The van der Waals surface area contributed by atoms with E-state index in [0.717, 1.165) is 61.3 Å². The number of benzene rings is 9. The molecular formula is C54H35NOS. The largest absolute Gasteiger partial charge is 0.455 e. The third kappa shape index (κ3) is 5.80. The van der Waals surface area contributed by atoms with Gasteiger partial charge in [0, 0.05) is 53.4 Å². The summed E-state index contributed by atoms with van der Waals surface area (Å²) >= 11 is 1.87. The van der Waals surface area contributed by atoms with Gasteiger partial charge in [0.25, 0.3) is 0 Å². The summed E-state index contributed by atoms with van der Waals surface area (Å²) in [5.74, 6) is 0. The van der Waals surface area contributed by atoms with Gasteiger partial charge < -0.3 is 9.32 Å². The number of rotatable bonds is 7. The molecule has 0 amide bonds. The number of nitrogens with zero attached hydrogens (tertiary/aromatic N) is 1.